The smallest absolute Gasteiger partial charge is 0.220 e. The average molecular weight is 233 g/mol. The van der Waals surface area contributed by atoms with E-state index in [2.05, 4.69) is 11.4 Å². The van der Waals surface area contributed by atoms with Crippen molar-refractivity contribution in [2.75, 3.05) is 7.11 Å². The van der Waals surface area contributed by atoms with Gasteiger partial charge in [0.05, 0.1) is 7.11 Å². The van der Waals surface area contributed by atoms with Crippen LogP contribution < -0.4 is 10.1 Å². The van der Waals surface area contributed by atoms with Gasteiger partial charge in [0.25, 0.3) is 0 Å². The van der Waals surface area contributed by atoms with Gasteiger partial charge < -0.3 is 10.1 Å². The Bertz CT molecular complexity index is 411. The molecule has 0 unspecified atom stereocenters. The highest BCUT2D eigenvalue weighted by molar-refractivity contribution is 5.76. The van der Waals surface area contributed by atoms with Crippen LogP contribution in [0.4, 0.5) is 0 Å². The van der Waals surface area contributed by atoms with Crippen molar-refractivity contribution >= 4 is 5.91 Å². The molecule has 1 N–H and O–H groups in total. The molecule has 92 valence electrons. The molecule has 1 aromatic rings. The van der Waals surface area contributed by atoms with Crippen molar-refractivity contribution in [3.63, 3.8) is 0 Å². The summed E-state index contributed by atoms with van der Waals surface area (Å²) in [6, 6.07) is 6.53. The van der Waals surface area contributed by atoms with E-state index in [9.17, 15) is 4.79 Å². The highest BCUT2D eigenvalue weighted by Gasteiger charge is 2.22. The molecule has 1 saturated carbocycles. The molecule has 0 aromatic heterocycles. The summed E-state index contributed by atoms with van der Waals surface area (Å²) in [6.07, 6.45) is 3.66. The second-order valence-corrected chi connectivity index (χ2v) is 4.65. The number of methoxy groups -OCH3 is 1. The minimum absolute atomic E-state index is 0.168. The lowest BCUT2D eigenvalue weighted by Crippen LogP contribution is -2.25. The maximum Gasteiger partial charge on any atom is 0.220 e. The van der Waals surface area contributed by atoms with Crippen LogP contribution in [0.3, 0.4) is 0 Å². The first-order chi connectivity index (χ1) is 8.19. The third-order valence-corrected chi connectivity index (χ3v) is 3.04. The summed E-state index contributed by atoms with van der Waals surface area (Å²) in [6.45, 7) is 2.02. The summed E-state index contributed by atoms with van der Waals surface area (Å²) < 4.78 is 5.21. The van der Waals surface area contributed by atoms with Gasteiger partial charge in [-0.2, -0.15) is 0 Å². The lowest BCUT2D eigenvalue weighted by Gasteiger charge is -2.07. The molecule has 1 aliphatic carbocycles. The Hall–Kier alpha value is -1.51. The third kappa shape index (κ3) is 3.48. The van der Waals surface area contributed by atoms with Gasteiger partial charge in [0, 0.05) is 12.5 Å². The molecule has 0 saturated heterocycles. The number of carbonyl (C=O) groups is 1. The van der Waals surface area contributed by atoms with Crippen molar-refractivity contribution in [1.29, 1.82) is 0 Å². The van der Waals surface area contributed by atoms with Gasteiger partial charge in [-0.1, -0.05) is 12.1 Å². The predicted molar refractivity (Wildman–Crippen MR) is 67.2 cm³/mol. The quantitative estimate of drug-likeness (QED) is 0.846. The number of nitrogens with one attached hydrogen (secondary N) is 1. The first-order valence-corrected chi connectivity index (χ1v) is 6.12. The van der Waals surface area contributed by atoms with Gasteiger partial charge in [-0.15, -0.1) is 0 Å². The molecule has 1 fully saturated rings. The lowest BCUT2D eigenvalue weighted by molar-refractivity contribution is -0.121. The summed E-state index contributed by atoms with van der Waals surface area (Å²) in [5.74, 6) is 1.07. The molecule has 0 radical (unpaired) electrons. The van der Waals surface area contributed by atoms with E-state index in [-0.39, 0.29) is 5.91 Å². The second-order valence-electron chi connectivity index (χ2n) is 4.65. The molecule has 0 spiro atoms. The number of rotatable bonds is 5. The number of hydrogen-bond acceptors (Lipinski definition) is 2. The Morgan fingerprint density at radius 2 is 2.24 bits per heavy atom. The number of aryl methyl sites for hydroxylation is 2. The molecule has 0 aliphatic heterocycles. The van der Waals surface area contributed by atoms with Gasteiger partial charge in [0.1, 0.15) is 5.75 Å². The molecular weight excluding hydrogens is 214 g/mol. The van der Waals surface area contributed by atoms with Crippen LogP contribution in [0, 0.1) is 6.92 Å². The molecule has 3 heteroatoms. The fraction of sp³-hybridized carbons (Fsp3) is 0.500. The zero-order valence-electron chi connectivity index (χ0n) is 10.5. The maximum atomic E-state index is 11.5. The molecule has 17 heavy (non-hydrogen) atoms. The van der Waals surface area contributed by atoms with E-state index in [1.807, 2.05) is 19.1 Å². The van der Waals surface area contributed by atoms with Gasteiger partial charge in [-0.05, 0) is 43.4 Å². The number of ether oxygens (including phenoxy) is 1. The second kappa shape index (κ2) is 5.21. The van der Waals surface area contributed by atoms with Crippen molar-refractivity contribution in [3.05, 3.63) is 29.3 Å². The van der Waals surface area contributed by atoms with Crippen LogP contribution in [0.1, 0.15) is 30.4 Å². The standard InChI is InChI=1S/C14H19NO2/c1-10-9-11(3-7-13(10)17-2)4-8-14(16)15-12-5-6-12/h3,7,9,12H,4-6,8H2,1-2H3,(H,15,16). The van der Waals surface area contributed by atoms with E-state index in [0.29, 0.717) is 12.5 Å². The summed E-state index contributed by atoms with van der Waals surface area (Å²) in [7, 11) is 1.67. The SMILES string of the molecule is COc1ccc(CCC(=O)NC2CC2)cc1C. The molecule has 0 heterocycles. The Labute approximate surface area is 102 Å². The first kappa shape index (κ1) is 12.0. The van der Waals surface area contributed by atoms with Crippen LogP contribution in [-0.2, 0) is 11.2 Å². The van der Waals surface area contributed by atoms with Crippen LogP contribution in [0.15, 0.2) is 18.2 Å². The first-order valence-electron chi connectivity index (χ1n) is 6.12. The van der Waals surface area contributed by atoms with Crippen LogP contribution in [0.5, 0.6) is 5.75 Å². The lowest BCUT2D eigenvalue weighted by atomic mass is 10.1. The zero-order valence-corrected chi connectivity index (χ0v) is 10.5. The van der Waals surface area contributed by atoms with Crippen LogP contribution in [0.25, 0.3) is 0 Å². The molecule has 2 rings (SSSR count). The summed E-state index contributed by atoms with van der Waals surface area (Å²) in [5, 5.41) is 3.00. The molecule has 0 bridgehead atoms. The van der Waals surface area contributed by atoms with Crippen LogP contribution in [0.2, 0.25) is 0 Å². The van der Waals surface area contributed by atoms with E-state index < -0.39 is 0 Å². The van der Waals surface area contributed by atoms with E-state index in [1.165, 1.54) is 5.56 Å². The number of benzene rings is 1. The Morgan fingerprint density at radius 3 is 2.82 bits per heavy atom. The average Bonchev–Trinajstić information content (AvgIpc) is 3.10. The largest absolute Gasteiger partial charge is 0.496 e. The minimum atomic E-state index is 0.168. The topological polar surface area (TPSA) is 38.3 Å². The van der Waals surface area contributed by atoms with Crippen molar-refractivity contribution in [3.8, 4) is 5.75 Å². The molecule has 3 nitrogen and oxygen atoms in total. The van der Waals surface area contributed by atoms with E-state index in [4.69, 9.17) is 4.74 Å². The van der Waals surface area contributed by atoms with Gasteiger partial charge >= 0.3 is 0 Å². The van der Waals surface area contributed by atoms with E-state index in [0.717, 1.165) is 30.6 Å². The van der Waals surface area contributed by atoms with Crippen LogP contribution >= 0.6 is 0 Å². The van der Waals surface area contributed by atoms with Crippen LogP contribution in [-0.4, -0.2) is 19.1 Å². The fourth-order valence-electron chi connectivity index (χ4n) is 1.88. The predicted octanol–water partition coefficient (Wildman–Crippen LogP) is 2.21. The van der Waals surface area contributed by atoms with Gasteiger partial charge in [-0.25, -0.2) is 0 Å². The third-order valence-electron chi connectivity index (χ3n) is 3.04. The van der Waals surface area contributed by atoms with Crippen molar-refractivity contribution in [1.82, 2.24) is 5.32 Å². The maximum absolute atomic E-state index is 11.5. The zero-order chi connectivity index (χ0) is 12.3. The van der Waals surface area contributed by atoms with Crippen molar-refractivity contribution < 1.29 is 9.53 Å². The summed E-state index contributed by atoms with van der Waals surface area (Å²) in [5.41, 5.74) is 2.31. The van der Waals surface area contributed by atoms with E-state index in [1.54, 1.807) is 7.11 Å². The highest BCUT2D eigenvalue weighted by atomic mass is 16.5. The van der Waals surface area contributed by atoms with Gasteiger partial charge in [0.15, 0.2) is 0 Å². The number of carbonyl (C=O) groups excluding carboxylic acids is 1. The fourth-order valence-corrected chi connectivity index (χ4v) is 1.88. The van der Waals surface area contributed by atoms with E-state index >= 15 is 0 Å². The minimum Gasteiger partial charge on any atom is -0.496 e. The Balaban J connectivity index is 1.85. The van der Waals surface area contributed by atoms with Gasteiger partial charge in [-0.3, -0.25) is 4.79 Å². The Morgan fingerprint density at radius 1 is 1.47 bits per heavy atom. The molecule has 1 aromatic carbocycles. The highest BCUT2D eigenvalue weighted by Crippen LogP contribution is 2.20. The molecule has 1 aliphatic rings. The molecular formula is C14H19NO2. The normalized spacial score (nSPS) is 14.5. The van der Waals surface area contributed by atoms with Gasteiger partial charge in [0.2, 0.25) is 5.91 Å². The Kier molecular flexibility index (Phi) is 3.67. The monoisotopic (exact) mass is 233 g/mol. The summed E-state index contributed by atoms with van der Waals surface area (Å²) >= 11 is 0. The van der Waals surface area contributed by atoms with Crippen molar-refractivity contribution in [2.45, 2.75) is 38.6 Å². The summed E-state index contributed by atoms with van der Waals surface area (Å²) in [4.78, 5) is 11.5. The number of hydrogen-bond donors (Lipinski definition) is 1. The molecule has 0 atom stereocenters. The molecule has 1 amide bonds. The number of amides is 1. The van der Waals surface area contributed by atoms with Crippen molar-refractivity contribution in [2.24, 2.45) is 0 Å².